The van der Waals surface area contributed by atoms with Crippen molar-refractivity contribution in [3.8, 4) is 0 Å². The van der Waals surface area contributed by atoms with Gasteiger partial charge in [-0.15, -0.1) is 15.3 Å². The highest BCUT2D eigenvalue weighted by molar-refractivity contribution is 7.17. The van der Waals surface area contributed by atoms with Gasteiger partial charge in [0.1, 0.15) is 0 Å². The number of carbonyl (C=O) groups excluding carboxylic acids is 2. The van der Waals surface area contributed by atoms with Crippen LogP contribution < -0.4 is 15.5 Å². The summed E-state index contributed by atoms with van der Waals surface area (Å²) in [5.41, 5.74) is 3.42. The summed E-state index contributed by atoms with van der Waals surface area (Å²) in [5.74, 6) is 0.105. The number of nitrogens with one attached hydrogen (secondary N) is 2. The lowest BCUT2D eigenvalue weighted by atomic mass is 10.1. The third-order valence-electron chi connectivity index (χ3n) is 5.91. The molecule has 2 N–H and O–H groups in total. The van der Waals surface area contributed by atoms with Crippen molar-refractivity contribution in [1.29, 1.82) is 0 Å². The van der Waals surface area contributed by atoms with Crippen LogP contribution in [0.4, 0.5) is 10.9 Å². The Hall–Kier alpha value is -4.32. The Balaban J connectivity index is 1.13. The van der Waals surface area contributed by atoms with Gasteiger partial charge in [-0.25, -0.2) is 0 Å². The predicted octanol–water partition coefficient (Wildman–Crippen LogP) is 2.53. The number of carbonyl (C=O) groups is 2. The van der Waals surface area contributed by atoms with Crippen molar-refractivity contribution in [2.45, 2.75) is 32.2 Å². The summed E-state index contributed by atoms with van der Waals surface area (Å²) in [4.78, 5) is 35.3. The highest BCUT2D eigenvalue weighted by Gasteiger charge is 2.28. The minimum absolute atomic E-state index is 0.166. The molecule has 5 heterocycles. The molecule has 0 aromatic carbocycles. The van der Waals surface area contributed by atoms with E-state index in [1.54, 1.807) is 24.5 Å². The lowest BCUT2D eigenvalue weighted by molar-refractivity contribution is -0.115. The lowest BCUT2D eigenvalue weighted by Crippen LogP contribution is -2.23. The molecule has 0 aliphatic carbocycles. The molecule has 1 fully saturated rings. The number of anilines is 2. The minimum atomic E-state index is -0.269. The van der Waals surface area contributed by atoms with Crippen LogP contribution in [0, 0.1) is 6.92 Å². The summed E-state index contributed by atoms with van der Waals surface area (Å²) >= 11 is 1.27. The summed E-state index contributed by atoms with van der Waals surface area (Å²) in [7, 11) is 0. The van der Waals surface area contributed by atoms with Gasteiger partial charge in [-0.3, -0.25) is 19.6 Å². The molecule has 12 heteroatoms. The maximum absolute atomic E-state index is 12.5. The van der Waals surface area contributed by atoms with Crippen molar-refractivity contribution in [1.82, 2.24) is 35.7 Å². The molecule has 5 rings (SSSR count). The molecule has 1 aliphatic heterocycles. The first-order chi connectivity index (χ1) is 18.0. The zero-order valence-electron chi connectivity index (χ0n) is 20.2. The van der Waals surface area contributed by atoms with Crippen molar-refractivity contribution >= 4 is 34.1 Å². The third kappa shape index (κ3) is 6.28. The predicted molar refractivity (Wildman–Crippen MR) is 138 cm³/mol. The number of hydrogen-bond acceptors (Lipinski definition) is 10. The zero-order valence-corrected chi connectivity index (χ0v) is 21.0. The number of rotatable bonds is 8. The van der Waals surface area contributed by atoms with Gasteiger partial charge in [0, 0.05) is 37.1 Å². The molecule has 4 aromatic heterocycles. The second-order valence-corrected chi connectivity index (χ2v) is 9.67. The minimum Gasteiger partial charge on any atom is -0.346 e. The molecule has 1 saturated heterocycles. The summed E-state index contributed by atoms with van der Waals surface area (Å²) in [6.45, 7) is 3.79. The first-order valence-corrected chi connectivity index (χ1v) is 12.7. The normalized spacial score (nSPS) is 14.9. The fourth-order valence-corrected chi connectivity index (χ4v) is 4.83. The zero-order chi connectivity index (χ0) is 25.6. The molecule has 11 nitrogen and oxygen atoms in total. The molecular weight excluding hydrogens is 490 g/mol. The quantitative estimate of drug-likeness (QED) is 0.362. The van der Waals surface area contributed by atoms with Crippen molar-refractivity contribution < 1.29 is 9.59 Å². The van der Waals surface area contributed by atoms with Crippen LogP contribution in [0.15, 0.2) is 54.9 Å². The average Bonchev–Trinajstić information content (AvgIpc) is 3.59. The van der Waals surface area contributed by atoms with Gasteiger partial charge in [-0.2, -0.15) is 5.10 Å². The lowest BCUT2D eigenvalue weighted by Gasteiger charge is -2.13. The van der Waals surface area contributed by atoms with Gasteiger partial charge in [-0.1, -0.05) is 17.4 Å². The van der Waals surface area contributed by atoms with Crippen molar-refractivity contribution in [3.63, 3.8) is 0 Å². The largest absolute Gasteiger partial charge is 0.346 e. The van der Waals surface area contributed by atoms with Crippen LogP contribution in [0.1, 0.15) is 44.8 Å². The van der Waals surface area contributed by atoms with E-state index in [4.69, 9.17) is 0 Å². The molecule has 0 saturated carbocycles. The van der Waals surface area contributed by atoms with E-state index in [0.717, 1.165) is 29.9 Å². The molecule has 0 spiro atoms. The van der Waals surface area contributed by atoms with E-state index in [9.17, 15) is 9.59 Å². The first kappa shape index (κ1) is 24.4. The molecule has 1 atom stereocenters. The molecular formula is C25H25N9O2S. The molecule has 4 aromatic rings. The maximum Gasteiger partial charge on any atom is 0.282 e. The van der Waals surface area contributed by atoms with Gasteiger partial charge in [0.25, 0.3) is 5.91 Å². The summed E-state index contributed by atoms with van der Waals surface area (Å²) < 4.78 is 0. The molecule has 1 unspecified atom stereocenters. The van der Waals surface area contributed by atoms with Gasteiger partial charge < -0.3 is 15.5 Å². The van der Waals surface area contributed by atoms with Crippen LogP contribution in [-0.2, 0) is 17.8 Å². The Kier molecular flexibility index (Phi) is 7.36. The SMILES string of the molecule is Cc1ccnc(CNC(=O)c2nnc(N3CCC(c4ccc(NC(=O)Cc5ccccn5)nn4)C3)s2)c1. The third-order valence-corrected chi connectivity index (χ3v) is 6.89. The van der Waals surface area contributed by atoms with E-state index < -0.39 is 0 Å². The van der Waals surface area contributed by atoms with Crippen LogP contribution in [0.3, 0.4) is 0 Å². The number of pyridine rings is 2. The number of nitrogens with zero attached hydrogens (tertiary/aromatic N) is 7. The van der Waals surface area contributed by atoms with E-state index in [-0.39, 0.29) is 24.2 Å². The van der Waals surface area contributed by atoms with Crippen molar-refractivity contribution in [2.24, 2.45) is 0 Å². The molecule has 188 valence electrons. The Labute approximate surface area is 217 Å². The van der Waals surface area contributed by atoms with Crippen LogP contribution in [0.25, 0.3) is 0 Å². The molecule has 2 amide bonds. The van der Waals surface area contributed by atoms with E-state index in [1.807, 2.05) is 37.3 Å². The Morgan fingerprint density at radius 3 is 2.70 bits per heavy atom. The fraction of sp³-hybridized carbons (Fsp3) is 0.280. The molecule has 1 aliphatic rings. The smallest absolute Gasteiger partial charge is 0.282 e. The second-order valence-electron chi connectivity index (χ2n) is 8.72. The number of aromatic nitrogens is 6. The topological polar surface area (TPSA) is 139 Å². The van der Waals surface area contributed by atoms with E-state index in [1.165, 1.54) is 11.3 Å². The molecule has 0 bridgehead atoms. The second kappa shape index (κ2) is 11.2. The van der Waals surface area contributed by atoms with Crippen LogP contribution in [0.5, 0.6) is 0 Å². The van der Waals surface area contributed by atoms with E-state index in [2.05, 4.69) is 45.9 Å². The Bertz CT molecular complexity index is 1380. The van der Waals surface area contributed by atoms with Crippen LogP contribution in [-0.4, -0.2) is 55.3 Å². The van der Waals surface area contributed by atoms with E-state index in [0.29, 0.717) is 34.7 Å². The number of aryl methyl sites for hydroxylation is 1. The van der Waals surface area contributed by atoms with Gasteiger partial charge in [0.05, 0.1) is 24.4 Å². The first-order valence-electron chi connectivity index (χ1n) is 11.8. The van der Waals surface area contributed by atoms with Crippen molar-refractivity contribution in [3.05, 3.63) is 82.5 Å². The van der Waals surface area contributed by atoms with Gasteiger partial charge in [-0.05, 0) is 55.3 Å². The van der Waals surface area contributed by atoms with Gasteiger partial charge >= 0.3 is 0 Å². The highest BCUT2D eigenvalue weighted by Crippen LogP contribution is 2.31. The Morgan fingerprint density at radius 1 is 1.03 bits per heavy atom. The molecule has 37 heavy (non-hydrogen) atoms. The summed E-state index contributed by atoms with van der Waals surface area (Å²) in [5, 5.41) is 23.4. The van der Waals surface area contributed by atoms with Gasteiger partial charge in [0.2, 0.25) is 16.0 Å². The standard InChI is InChI=1S/C25H25N9O2S/c1-16-7-10-27-19(12-16)14-28-23(36)24-32-33-25(37-24)34-11-8-17(15-34)20-5-6-21(31-30-20)29-22(35)13-18-4-2-3-9-26-18/h2-7,9-10,12,17H,8,11,13-15H2,1H3,(H,28,36)(H,29,31,35). The van der Waals surface area contributed by atoms with Crippen molar-refractivity contribution in [2.75, 3.05) is 23.3 Å². The monoisotopic (exact) mass is 515 g/mol. The van der Waals surface area contributed by atoms with Crippen LogP contribution >= 0.6 is 11.3 Å². The summed E-state index contributed by atoms with van der Waals surface area (Å²) in [6.07, 6.45) is 4.43. The molecule has 0 radical (unpaired) electrons. The van der Waals surface area contributed by atoms with Gasteiger partial charge in [0.15, 0.2) is 5.82 Å². The number of amides is 2. The fourth-order valence-electron chi connectivity index (χ4n) is 4.03. The highest BCUT2D eigenvalue weighted by atomic mass is 32.1. The Morgan fingerprint density at radius 2 is 1.92 bits per heavy atom. The number of hydrogen-bond donors (Lipinski definition) is 2. The average molecular weight is 516 g/mol. The maximum atomic E-state index is 12.5. The van der Waals surface area contributed by atoms with Crippen LogP contribution in [0.2, 0.25) is 0 Å². The van der Waals surface area contributed by atoms with E-state index >= 15 is 0 Å². The summed E-state index contributed by atoms with van der Waals surface area (Å²) in [6, 6.07) is 12.9.